The number of rotatable bonds is 3. The molecule has 128 valence electrons. The summed E-state index contributed by atoms with van der Waals surface area (Å²) in [6, 6.07) is 11.6. The number of hydrogen-bond donors (Lipinski definition) is 1. The number of furan rings is 1. The first kappa shape index (κ1) is 15.7. The number of aliphatic hydroxyl groups excluding tert-OH is 1. The summed E-state index contributed by atoms with van der Waals surface area (Å²) < 4.78 is 5.53. The lowest BCUT2D eigenvalue weighted by molar-refractivity contribution is -0.141. The third kappa shape index (κ3) is 2.56. The van der Waals surface area contributed by atoms with E-state index in [-0.39, 0.29) is 17.4 Å². The van der Waals surface area contributed by atoms with E-state index in [1.807, 2.05) is 6.07 Å². The zero-order valence-corrected chi connectivity index (χ0v) is 13.7. The van der Waals surface area contributed by atoms with Gasteiger partial charge in [-0.1, -0.05) is 43.2 Å². The number of ketones is 1. The highest BCUT2D eigenvalue weighted by Crippen LogP contribution is 2.43. The topological polar surface area (TPSA) is 70.8 Å². The SMILES string of the molecule is O=C1C(=O)N(C2CCCC2)C(c2ccco2)/C1=C(/O)c1ccccc1. The lowest BCUT2D eigenvalue weighted by Gasteiger charge is -2.29. The minimum atomic E-state index is -0.668. The quantitative estimate of drug-likeness (QED) is 0.527. The number of carbonyl (C=O) groups is 2. The van der Waals surface area contributed by atoms with Crippen LogP contribution in [0, 0.1) is 0 Å². The Hall–Kier alpha value is -2.82. The minimum absolute atomic E-state index is 0.00706. The standard InChI is InChI=1S/C20H19NO4/c22-18(13-7-2-1-3-8-13)16-17(15-11-6-12-25-15)21(20(24)19(16)23)14-9-4-5-10-14/h1-3,6-8,11-12,14,17,22H,4-5,9-10H2/b18-16-. The summed E-state index contributed by atoms with van der Waals surface area (Å²) >= 11 is 0. The fraction of sp³-hybridized carbons (Fsp3) is 0.300. The van der Waals surface area contributed by atoms with Crippen LogP contribution in [0.15, 0.2) is 58.7 Å². The van der Waals surface area contributed by atoms with E-state index in [1.54, 1.807) is 41.3 Å². The van der Waals surface area contributed by atoms with Gasteiger partial charge in [0.25, 0.3) is 11.7 Å². The van der Waals surface area contributed by atoms with Crippen molar-refractivity contribution in [1.82, 2.24) is 4.90 Å². The van der Waals surface area contributed by atoms with Gasteiger partial charge in [0.05, 0.1) is 11.8 Å². The zero-order valence-electron chi connectivity index (χ0n) is 13.7. The Bertz CT molecular complexity index is 817. The van der Waals surface area contributed by atoms with Gasteiger partial charge in [-0.25, -0.2) is 0 Å². The van der Waals surface area contributed by atoms with Gasteiger partial charge < -0.3 is 14.4 Å². The molecule has 4 rings (SSSR count). The van der Waals surface area contributed by atoms with Gasteiger partial charge in [0.1, 0.15) is 17.6 Å². The summed E-state index contributed by atoms with van der Waals surface area (Å²) in [7, 11) is 0. The molecule has 5 heteroatoms. The van der Waals surface area contributed by atoms with Crippen molar-refractivity contribution in [2.24, 2.45) is 0 Å². The van der Waals surface area contributed by atoms with Gasteiger partial charge in [0.2, 0.25) is 0 Å². The first-order valence-corrected chi connectivity index (χ1v) is 8.57. The Balaban J connectivity index is 1.87. The van der Waals surface area contributed by atoms with Crippen molar-refractivity contribution in [3.63, 3.8) is 0 Å². The van der Waals surface area contributed by atoms with E-state index < -0.39 is 17.7 Å². The highest BCUT2D eigenvalue weighted by atomic mass is 16.3. The molecule has 25 heavy (non-hydrogen) atoms. The Morgan fingerprint density at radius 1 is 1.04 bits per heavy atom. The summed E-state index contributed by atoms with van der Waals surface area (Å²) in [6.45, 7) is 0. The Kier molecular flexibility index (Phi) is 3.92. The Morgan fingerprint density at radius 3 is 2.40 bits per heavy atom. The second-order valence-electron chi connectivity index (χ2n) is 6.53. The number of benzene rings is 1. The number of carbonyl (C=O) groups excluding carboxylic acids is 2. The molecule has 1 aromatic heterocycles. The van der Waals surface area contributed by atoms with Crippen LogP contribution in [0.5, 0.6) is 0 Å². The fourth-order valence-electron chi connectivity index (χ4n) is 3.89. The highest BCUT2D eigenvalue weighted by Gasteiger charge is 2.50. The average Bonchev–Trinajstić information content (AvgIpc) is 3.37. The van der Waals surface area contributed by atoms with Crippen LogP contribution in [-0.2, 0) is 9.59 Å². The molecule has 1 N–H and O–H groups in total. The third-order valence-electron chi connectivity index (χ3n) is 5.06. The monoisotopic (exact) mass is 337 g/mol. The maximum absolute atomic E-state index is 12.7. The molecule has 1 saturated carbocycles. The number of nitrogens with zero attached hydrogens (tertiary/aromatic N) is 1. The van der Waals surface area contributed by atoms with E-state index in [0.29, 0.717) is 11.3 Å². The molecule has 0 radical (unpaired) electrons. The van der Waals surface area contributed by atoms with Crippen molar-refractivity contribution in [2.75, 3.05) is 0 Å². The van der Waals surface area contributed by atoms with Crippen molar-refractivity contribution in [3.05, 3.63) is 65.6 Å². The lowest BCUT2D eigenvalue weighted by Crippen LogP contribution is -2.37. The van der Waals surface area contributed by atoms with Crippen molar-refractivity contribution in [3.8, 4) is 0 Å². The molecule has 2 aliphatic rings. The van der Waals surface area contributed by atoms with Crippen molar-refractivity contribution < 1.29 is 19.1 Å². The number of amides is 1. The molecule has 0 spiro atoms. The molecule has 2 heterocycles. The molecule has 1 aromatic carbocycles. The number of likely N-dealkylation sites (tertiary alicyclic amines) is 1. The van der Waals surface area contributed by atoms with E-state index in [4.69, 9.17) is 4.42 Å². The van der Waals surface area contributed by atoms with Gasteiger partial charge in [0, 0.05) is 11.6 Å². The van der Waals surface area contributed by atoms with Gasteiger partial charge in [0.15, 0.2) is 0 Å². The lowest BCUT2D eigenvalue weighted by atomic mass is 9.99. The summed E-state index contributed by atoms with van der Waals surface area (Å²) in [5, 5.41) is 10.8. The summed E-state index contributed by atoms with van der Waals surface area (Å²) in [5.74, 6) is -0.843. The van der Waals surface area contributed by atoms with Crippen LogP contribution in [0.25, 0.3) is 5.76 Å². The van der Waals surface area contributed by atoms with E-state index in [9.17, 15) is 14.7 Å². The molecule has 2 fully saturated rings. The zero-order chi connectivity index (χ0) is 17.4. The van der Waals surface area contributed by atoms with E-state index in [0.717, 1.165) is 25.7 Å². The average molecular weight is 337 g/mol. The first-order chi connectivity index (χ1) is 12.2. The van der Waals surface area contributed by atoms with Gasteiger partial charge in [-0.15, -0.1) is 0 Å². The molecule has 1 unspecified atom stereocenters. The molecule has 1 aliphatic heterocycles. The van der Waals surface area contributed by atoms with E-state index >= 15 is 0 Å². The minimum Gasteiger partial charge on any atom is -0.507 e. The Morgan fingerprint density at radius 2 is 1.76 bits per heavy atom. The molecule has 1 aliphatic carbocycles. The van der Waals surface area contributed by atoms with Crippen LogP contribution < -0.4 is 0 Å². The van der Waals surface area contributed by atoms with Gasteiger partial charge in [-0.2, -0.15) is 0 Å². The molecule has 1 atom stereocenters. The van der Waals surface area contributed by atoms with Crippen LogP contribution in [0.4, 0.5) is 0 Å². The van der Waals surface area contributed by atoms with E-state index in [2.05, 4.69) is 0 Å². The molecule has 0 bridgehead atoms. The van der Waals surface area contributed by atoms with Gasteiger partial charge >= 0.3 is 0 Å². The van der Waals surface area contributed by atoms with Crippen LogP contribution in [0.1, 0.15) is 43.0 Å². The third-order valence-corrected chi connectivity index (χ3v) is 5.06. The van der Waals surface area contributed by atoms with Gasteiger partial charge in [-0.3, -0.25) is 9.59 Å². The summed E-state index contributed by atoms with van der Waals surface area (Å²) in [5.41, 5.74) is 0.626. The summed E-state index contributed by atoms with van der Waals surface area (Å²) in [6.07, 6.45) is 5.34. The van der Waals surface area contributed by atoms with Crippen molar-refractivity contribution >= 4 is 17.4 Å². The van der Waals surface area contributed by atoms with Crippen LogP contribution in [-0.4, -0.2) is 27.7 Å². The fourth-order valence-corrected chi connectivity index (χ4v) is 3.89. The highest BCUT2D eigenvalue weighted by molar-refractivity contribution is 6.46. The molecule has 5 nitrogen and oxygen atoms in total. The maximum Gasteiger partial charge on any atom is 0.296 e. The second kappa shape index (κ2) is 6.24. The molecule has 1 amide bonds. The molecule has 2 aromatic rings. The maximum atomic E-state index is 12.7. The van der Waals surface area contributed by atoms with Crippen LogP contribution >= 0.6 is 0 Å². The van der Waals surface area contributed by atoms with Crippen molar-refractivity contribution in [2.45, 2.75) is 37.8 Å². The molecular weight excluding hydrogens is 318 g/mol. The Labute approximate surface area is 145 Å². The number of hydrogen-bond acceptors (Lipinski definition) is 4. The van der Waals surface area contributed by atoms with Gasteiger partial charge in [-0.05, 0) is 25.0 Å². The molecule has 1 saturated heterocycles. The predicted molar refractivity (Wildman–Crippen MR) is 91.5 cm³/mol. The normalized spacial score (nSPS) is 23.5. The molecular formula is C20H19NO4. The second-order valence-corrected chi connectivity index (χ2v) is 6.53. The number of Topliss-reactive ketones (excluding diaryl/α,β-unsaturated/α-hetero) is 1. The first-order valence-electron chi connectivity index (χ1n) is 8.57. The largest absolute Gasteiger partial charge is 0.507 e. The smallest absolute Gasteiger partial charge is 0.296 e. The van der Waals surface area contributed by atoms with Crippen LogP contribution in [0.2, 0.25) is 0 Å². The number of aliphatic hydroxyl groups is 1. The van der Waals surface area contributed by atoms with Crippen molar-refractivity contribution in [1.29, 1.82) is 0 Å². The van der Waals surface area contributed by atoms with E-state index in [1.165, 1.54) is 6.26 Å². The predicted octanol–water partition coefficient (Wildman–Crippen LogP) is 3.64. The van der Waals surface area contributed by atoms with Crippen LogP contribution in [0.3, 0.4) is 0 Å². The summed E-state index contributed by atoms with van der Waals surface area (Å²) in [4.78, 5) is 27.1.